The molecule has 136 valence electrons. The molecule has 2 rings (SSSR count). The number of aliphatic hydroxyl groups is 2. The van der Waals surface area contributed by atoms with Crippen molar-refractivity contribution in [1.29, 1.82) is 0 Å². The smallest absolute Gasteiger partial charge is 0.374 e. The van der Waals surface area contributed by atoms with E-state index >= 15 is 0 Å². The fourth-order valence-corrected chi connectivity index (χ4v) is 1.65. The van der Waals surface area contributed by atoms with Crippen molar-refractivity contribution in [2.75, 3.05) is 0 Å². The lowest BCUT2D eigenvalue weighted by atomic mass is 10.2. The molecule has 0 saturated carbocycles. The van der Waals surface area contributed by atoms with Crippen LogP contribution in [0.5, 0.6) is 11.5 Å². The third-order valence-electron chi connectivity index (χ3n) is 2.89. The van der Waals surface area contributed by atoms with Crippen LogP contribution in [-0.4, -0.2) is 42.6 Å². The number of benzene rings is 2. The number of aliphatic carboxylic acids is 2. The summed E-state index contributed by atoms with van der Waals surface area (Å²) in [6, 6.07) is 12.0. The highest BCUT2D eigenvalue weighted by atomic mass is 16.4. The Kier molecular flexibility index (Phi) is 7.25. The number of rotatable bonds is 4. The lowest BCUT2D eigenvalue weighted by Crippen LogP contribution is -2.02. The van der Waals surface area contributed by atoms with Gasteiger partial charge in [-0.25, -0.2) is 9.59 Å². The molecule has 8 nitrogen and oxygen atoms in total. The first-order chi connectivity index (χ1) is 12.2. The second-order valence-electron chi connectivity index (χ2n) is 4.79. The summed E-state index contributed by atoms with van der Waals surface area (Å²) in [4.78, 5) is 20.4. The fraction of sp³-hybridized carbons (Fsp3) is 0. The molecule has 0 aromatic heterocycles. The highest BCUT2D eigenvalue weighted by Crippen LogP contribution is 2.25. The maximum absolute atomic E-state index is 10.2. The molecule has 2 aromatic carbocycles. The fourth-order valence-electron chi connectivity index (χ4n) is 1.65. The predicted molar refractivity (Wildman–Crippen MR) is 92.7 cm³/mol. The monoisotopic (exact) mass is 360 g/mol. The predicted octanol–water partition coefficient (Wildman–Crippen LogP) is 2.75. The van der Waals surface area contributed by atoms with Crippen LogP contribution in [-0.2, 0) is 9.59 Å². The quantitative estimate of drug-likeness (QED) is 0.276. The highest BCUT2D eigenvalue weighted by molar-refractivity contribution is 5.91. The Bertz CT molecular complexity index is 838. The number of carbonyl (C=O) groups is 2. The number of aliphatic hydroxyl groups excluding tert-OH is 2. The lowest BCUT2D eigenvalue weighted by molar-refractivity contribution is -0.135. The van der Waals surface area contributed by atoms with Crippen molar-refractivity contribution in [1.82, 2.24) is 0 Å². The van der Waals surface area contributed by atoms with E-state index in [1.807, 2.05) is 0 Å². The van der Waals surface area contributed by atoms with Gasteiger partial charge in [-0.15, -0.1) is 0 Å². The summed E-state index contributed by atoms with van der Waals surface area (Å²) in [5.41, 5.74) is 0.778. The first-order valence-corrected chi connectivity index (χ1v) is 7.06. The van der Waals surface area contributed by atoms with Gasteiger partial charge in [-0.05, 0) is 23.8 Å². The van der Waals surface area contributed by atoms with Crippen molar-refractivity contribution < 1.29 is 40.2 Å². The minimum absolute atomic E-state index is 0.229. The maximum Gasteiger partial charge on any atom is 0.374 e. The van der Waals surface area contributed by atoms with E-state index in [0.29, 0.717) is 5.56 Å². The summed E-state index contributed by atoms with van der Waals surface area (Å²) in [5.74, 6) is -4.80. The Hall–Kier alpha value is -3.94. The number of carboxylic acid groups (broad SMARTS) is 2. The van der Waals surface area contributed by atoms with E-state index in [4.69, 9.17) is 25.5 Å². The van der Waals surface area contributed by atoms with Gasteiger partial charge in [0.25, 0.3) is 0 Å². The zero-order valence-electron chi connectivity index (χ0n) is 13.3. The zero-order valence-corrected chi connectivity index (χ0v) is 13.3. The van der Waals surface area contributed by atoms with Crippen LogP contribution in [0.1, 0.15) is 11.1 Å². The Labute approximate surface area is 147 Å². The molecule has 26 heavy (non-hydrogen) atoms. The van der Waals surface area contributed by atoms with Gasteiger partial charge in [0, 0.05) is 11.6 Å². The molecule has 0 amide bonds. The van der Waals surface area contributed by atoms with Crippen molar-refractivity contribution >= 4 is 23.8 Å². The Balaban J connectivity index is 0.000000260. The molecule has 0 atom stereocenters. The summed E-state index contributed by atoms with van der Waals surface area (Å²) in [6.07, 6.45) is 2.27. The highest BCUT2D eigenvalue weighted by Gasteiger charge is 2.12. The Morgan fingerprint density at radius 3 is 1.92 bits per heavy atom. The summed E-state index contributed by atoms with van der Waals surface area (Å²) in [7, 11) is 0. The molecule has 0 aliphatic rings. The van der Waals surface area contributed by atoms with Crippen LogP contribution < -0.4 is 0 Å². The Morgan fingerprint density at radius 2 is 1.42 bits per heavy atom. The van der Waals surface area contributed by atoms with E-state index in [0.717, 1.165) is 6.08 Å². The van der Waals surface area contributed by atoms with Crippen molar-refractivity contribution in [3.8, 4) is 11.5 Å². The molecule has 0 spiro atoms. The number of phenolic OH excluding ortho intramolecular Hbond substituents is 2. The van der Waals surface area contributed by atoms with Crippen LogP contribution in [0.15, 0.2) is 60.4 Å². The topological polar surface area (TPSA) is 156 Å². The lowest BCUT2D eigenvalue weighted by Gasteiger charge is -2.00. The molecule has 2 aromatic rings. The number of aromatic hydroxyl groups is 2. The molecule has 6 N–H and O–H groups in total. The van der Waals surface area contributed by atoms with Gasteiger partial charge in [0.05, 0.1) is 0 Å². The molecule has 0 radical (unpaired) electrons. The van der Waals surface area contributed by atoms with Gasteiger partial charge in [0.15, 0.2) is 17.3 Å². The maximum atomic E-state index is 10.2. The Morgan fingerprint density at radius 1 is 0.808 bits per heavy atom. The van der Waals surface area contributed by atoms with Gasteiger partial charge in [-0.1, -0.05) is 36.4 Å². The van der Waals surface area contributed by atoms with E-state index in [2.05, 4.69) is 0 Å². The van der Waals surface area contributed by atoms with Crippen LogP contribution in [0.4, 0.5) is 0 Å². The van der Waals surface area contributed by atoms with Crippen molar-refractivity contribution in [3.63, 3.8) is 0 Å². The van der Waals surface area contributed by atoms with Crippen LogP contribution in [0.25, 0.3) is 11.8 Å². The summed E-state index contributed by atoms with van der Waals surface area (Å²) in [5, 5.41) is 52.7. The third kappa shape index (κ3) is 6.28. The van der Waals surface area contributed by atoms with Crippen molar-refractivity contribution in [2.45, 2.75) is 0 Å². The van der Waals surface area contributed by atoms with Gasteiger partial charge in [-0.3, -0.25) is 0 Å². The second kappa shape index (κ2) is 9.38. The zero-order chi connectivity index (χ0) is 19.7. The molecule has 0 aliphatic carbocycles. The van der Waals surface area contributed by atoms with E-state index in [9.17, 15) is 14.7 Å². The van der Waals surface area contributed by atoms with E-state index in [1.54, 1.807) is 18.2 Å². The molecule has 8 heteroatoms. The SMILES string of the molecule is O=C(O)/C=C/c1ccc(O)c(O)c1.O=C(O)C(O)=C(O)c1ccccc1. The van der Waals surface area contributed by atoms with Gasteiger partial charge < -0.3 is 30.6 Å². The number of hydrogen-bond acceptors (Lipinski definition) is 6. The molecule has 0 fully saturated rings. The van der Waals surface area contributed by atoms with Gasteiger partial charge in [0.2, 0.25) is 5.76 Å². The molecule has 0 saturated heterocycles. The molecular formula is C18H16O8. The normalized spacial score (nSPS) is 11.2. The first-order valence-electron chi connectivity index (χ1n) is 7.06. The van der Waals surface area contributed by atoms with Crippen molar-refractivity contribution in [2.24, 2.45) is 0 Å². The van der Waals surface area contributed by atoms with E-state index in [-0.39, 0.29) is 17.1 Å². The molecule has 0 heterocycles. The molecule has 0 unspecified atom stereocenters. The number of carboxylic acids is 2. The van der Waals surface area contributed by atoms with Crippen molar-refractivity contribution in [3.05, 3.63) is 71.5 Å². The average Bonchev–Trinajstić information content (AvgIpc) is 2.62. The van der Waals surface area contributed by atoms with Gasteiger partial charge in [-0.2, -0.15) is 0 Å². The van der Waals surface area contributed by atoms with Crippen LogP contribution >= 0.6 is 0 Å². The minimum Gasteiger partial charge on any atom is -0.504 e. The van der Waals surface area contributed by atoms with Gasteiger partial charge in [0.1, 0.15) is 0 Å². The van der Waals surface area contributed by atoms with Crippen LogP contribution in [0.3, 0.4) is 0 Å². The standard InChI is InChI=1S/2C9H8O4/c10-7-3-1-6(5-8(7)11)2-4-9(12)13;10-7(8(11)9(12)13)6-4-2-1-3-5-6/h2*1-5,10-11H,(H,12,13)/b4-2+;. The number of hydrogen-bond donors (Lipinski definition) is 6. The average molecular weight is 360 g/mol. The second-order valence-corrected chi connectivity index (χ2v) is 4.79. The van der Waals surface area contributed by atoms with Gasteiger partial charge >= 0.3 is 11.9 Å². The minimum atomic E-state index is -1.55. The molecule has 0 aliphatic heterocycles. The summed E-state index contributed by atoms with van der Waals surface area (Å²) in [6.45, 7) is 0. The summed E-state index contributed by atoms with van der Waals surface area (Å²) < 4.78 is 0. The third-order valence-corrected chi connectivity index (χ3v) is 2.89. The van der Waals surface area contributed by atoms with Crippen LogP contribution in [0.2, 0.25) is 0 Å². The van der Waals surface area contributed by atoms with Crippen LogP contribution in [0, 0.1) is 0 Å². The van der Waals surface area contributed by atoms with E-state index in [1.165, 1.54) is 36.4 Å². The number of phenols is 2. The molecular weight excluding hydrogens is 344 g/mol. The molecule has 0 bridgehead atoms. The van der Waals surface area contributed by atoms with E-state index < -0.39 is 23.5 Å². The summed E-state index contributed by atoms with van der Waals surface area (Å²) >= 11 is 0. The first kappa shape index (κ1) is 20.1. The largest absolute Gasteiger partial charge is 0.504 e.